The van der Waals surface area contributed by atoms with Gasteiger partial charge in [0.1, 0.15) is 11.6 Å². The number of fused-ring (bicyclic) bond motifs is 1. The van der Waals surface area contributed by atoms with Crippen molar-refractivity contribution in [2.75, 3.05) is 6.61 Å². The van der Waals surface area contributed by atoms with E-state index in [0.717, 1.165) is 21.3 Å². The van der Waals surface area contributed by atoms with Gasteiger partial charge >= 0.3 is 5.69 Å². The molecule has 0 radical (unpaired) electrons. The molecular formula is C24H27FN4O3. The van der Waals surface area contributed by atoms with E-state index in [4.69, 9.17) is 0 Å². The Morgan fingerprint density at radius 3 is 2.50 bits per heavy atom. The van der Waals surface area contributed by atoms with Crippen LogP contribution in [0.4, 0.5) is 4.39 Å². The number of aliphatic hydroxyl groups excluding tert-OH is 1. The van der Waals surface area contributed by atoms with E-state index in [2.05, 4.69) is 11.6 Å². The lowest BCUT2D eigenvalue weighted by molar-refractivity contribution is 0.277. The van der Waals surface area contributed by atoms with Crippen LogP contribution in [-0.2, 0) is 20.1 Å². The molecule has 0 amide bonds. The standard InChI is InChI=1S/C24H27FN4O3/c1-5-6-8-19(16(2)3)21-26-22-20(29(21)15-17-9-11-18(25)12-10-17)23(31)28(13-7-14-30)24(32)27(22)4/h5-6,8-12,30H,2,7,13-15H2,1,3-4H3/b6-5-,19-8+. The van der Waals surface area contributed by atoms with Crippen LogP contribution in [0.15, 0.2) is 64.2 Å². The summed E-state index contributed by atoms with van der Waals surface area (Å²) in [5.41, 5.74) is 1.77. The minimum Gasteiger partial charge on any atom is -0.396 e. The molecule has 3 rings (SSSR count). The highest BCUT2D eigenvalue weighted by molar-refractivity contribution is 5.82. The molecule has 0 aliphatic heterocycles. The summed E-state index contributed by atoms with van der Waals surface area (Å²) in [5, 5.41) is 9.19. The van der Waals surface area contributed by atoms with Crippen LogP contribution in [0.5, 0.6) is 0 Å². The molecule has 32 heavy (non-hydrogen) atoms. The summed E-state index contributed by atoms with van der Waals surface area (Å²) in [6.07, 6.45) is 5.85. The third kappa shape index (κ3) is 4.40. The third-order valence-electron chi connectivity index (χ3n) is 5.18. The molecule has 8 heteroatoms. The molecule has 0 fully saturated rings. The fourth-order valence-corrected chi connectivity index (χ4v) is 3.53. The Balaban J connectivity index is 2.39. The summed E-state index contributed by atoms with van der Waals surface area (Å²) >= 11 is 0. The van der Waals surface area contributed by atoms with Crippen molar-refractivity contribution in [3.63, 3.8) is 0 Å². The number of halogens is 1. The summed E-state index contributed by atoms with van der Waals surface area (Å²) in [6, 6.07) is 6.01. The summed E-state index contributed by atoms with van der Waals surface area (Å²) in [7, 11) is 1.56. The van der Waals surface area contributed by atoms with Gasteiger partial charge in [-0.3, -0.25) is 13.9 Å². The van der Waals surface area contributed by atoms with Crippen molar-refractivity contribution in [1.29, 1.82) is 0 Å². The maximum absolute atomic E-state index is 13.4. The van der Waals surface area contributed by atoms with Gasteiger partial charge in [-0.05, 0) is 43.5 Å². The van der Waals surface area contributed by atoms with E-state index in [1.54, 1.807) is 23.7 Å². The average Bonchev–Trinajstić information content (AvgIpc) is 3.13. The predicted molar refractivity (Wildman–Crippen MR) is 124 cm³/mol. The van der Waals surface area contributed by atoms with Crippen LogP contribution in [0.2, 0.25) is 0 Å². The zero-order valence-corrected chi connectivity index (χ0v) is 18.5. The molecule has 7 nitrogen and oxygen atoms in total. The zero-order chi connectivity index (χ0) is 23.4. The molecule has 0 saturated carbocycles. The van der Waals surface area contributed by atoms with Crippen LogP contribution in [0, 0.1) is 5.82 Å². The Labute approximate surface area is 185 Å². The lowest BCUT2D eigenvalue weighted by Gasteiger charge is -2.13. The number of hydrogen-bond acceptors (Lipinski definition) is 4. The van der Waals surface area contributed by atoms with Crippen LogP contribution in [0.3, 0.4) is 0 Å². The van der Waals surface area contributed by atoms with E-state index in [-0.39, 0.29) is 43.1 Å². The first-order valence-corrected chi connectivity index (χ1v) is 10.3. The third-order valence-corrected chi connectivity index (χ3v) is 5.18. The van der Waals surface area contributed by atoms with Crippen LogP contribution < -0.4 is 11.2 Å². The second kappa shape index (κ2) is 9.74. The van der Waals surface area contributed by atoms with E-state index >= 15 is 0 Å². The van der Waals surface area contributed by atoms with Crippen LogP contribution in [-0.4, -0.2) is 30.4 Å². The number of allylic oxidation sites excluding steroid dienone is 5. The number of imidazole rings is 1. The van der Waals surface area contributed by atoms with Crippen molar-refractivity contribution in [1.82, 2.24) is 18.7 Å². The molecule has 3 aromatic rings. The van der Waals surface area contributed by atoms with Crippen molar-refractivity contribution in [2.24, 2.45) is 7.05 Å². The Morgan fingerprint density at radius 2 is 1.91 bits per heavy atom. The number of nitrogens with zero attached hydrogens (tertiary/aromatic N) is 4. The second-order valence-electron chi connectivity index (χ2n) is 7.58. The van der Waals surface area contributed by atoms with Crippen LogP contribution in [0.25, 0.3) is 16.7 Å². The smallest absolute Gasteiger partial charge is 0.332 e. The molecule has 2 aromatic heterocycles. The number of aliphatic hydroxyl groups is 1. The SMILES string of the molecule is C=C(C)/C(=C\C=C/C)c1nc2c(c(=O)n(CCCO)c(=O)n2C)n1Cc1ccc(F)cc1. The summed E-state index contributed by atoms with van der Waals surface area (Å²) < 4.78 is 17.6. The molecule has 2 heterocycles. The van der Waals surface area contributed by atoms with Crippen molar-refractivity contribution >= 4 is 16.7 Å². The first-order valence-electron chi connectivity index (χ1n) is 10.3. The van der Waals surface area contributed by atoms with Gasteiger partial charge in [0.25, 0.3) is 5.56 Å². The molecule has 1 N–H and O–H groups in total. The summed E-state index contributed by atoms with van der Waals surface area (Å²) in [4.78, 5) is 30.9. The van der Waals surface area contributed by atoms with Gasteiger partial charge in [0.15, 0.2) is 11.2 Å². The van der Waals surface area contributed by atoms with Gasteiger partial charge in [-0.1, -0.05) is 36.9 Å². The quantitative estimate of drug-likeness (QED) is 0.548. The molecule has 0 aliphatic rings. The predicted octanol–water partition coefficient (Wildman–Crippen LogP) is 3.00. The van der Waals surface area contributed by atoms with Gasteiger partial charge in [-0.2, -0.15) is 0 Å². The molecule has 1 aromatic carbocycles. The minimum atomic E-state index is -0.497. The highest BCUT2D eigenvalue weighted by Crippen LogP contribution is 2.25. The van der Waals surface area contributed by atoms with Crippen molar-refractivity contribution < 1.29 is 9.50 Å². The number of benzene rings is 1. The van der Waals surface area contributed by atoms with E-state index in [9.17, 15) is 19.1 Å². The molecular weight excluding hydrogens is 411 g/mol. The normalized spacial score (nSPS) is 12.2. The van der Waals surface area contributed by atoms with Gasteiger partial charge in [-0.25, -0.2) is 14.2 Å². The monoisotopic (exact) mass is 438 g/mol. The lowest BCUT2D eigenvalue weighted by atomic mass is 10.1. The minimum absolute atomic E-state index is 0.0940. The number of aryl methyl sites for hydroxylation is 1. The number of hydrogen-bond donors (Lipinski definition) is 1. The fourth-order valence-electron chi connectivity index (χ4n) is 3.53. The number of rotatable bonds is 8. The molecule has 0 aliphatic carbocycles. The highest BCUT2D eigenvalue weighted by atomic mass is 19.1. The van der Waals surface area contributed by atoms with Gasteiger partial charge < -0.3 is 9.67 Å². The van der Waals surface area contributed by atoms with Gasteiger partial charge in [-0.15, -0.1) is 0 Å². The number of aromatic nitrogens is 4. The molecule has 0 spiro atoms. The first kappa shape index (κ1) is 23.1. The maximum Gasteiger partial charge on any atom is 0.332 e. The maximum atomic E-state index is 13.4. The Bertz CT molecular complexity index is 1320. The first-order chi connectivity index (χ1) is 15.3. The topological polar surface area (TPSA) is 82.1 Å². The zero-order valence-electron chi connectivity index (χ0n) is 18.5. The summed E-state index contributed by atoms with van der Waals surface area (Å²) in [6.45, 7) is 7.98. The van der Waals surface area contributed by atoms with Gasteiger partial charge in [0.2, 0.25) is 0 Å². The van der Waals surface area contributed by atoms with Crippen LogP contribution in [0.1, 0.15) is 31.7 Å². The Hall–Kier alpha value is -3.52. The van der Waals surface area contributed by atoms with E-state index in [0.29, 0.717) is 5.82 Å². The Kier molecular flexibility index (Phi) is 7.05. The second-order valence-corrected chi connectivity index (χ2v) is 7.58. The Morgan fingerprint density at radius 1 is 1.22 bits per heavy atom. The molecule has 0 unspecified atom stereocenters. The molecule has 0 saturated heterocycles. The lowest BCUT2D eigenvalue weighted by Crippen LogP contribution is -2.40. The summed E-state index contributed by atoms with van der Waals surface area (Å²) in [5.74, 6) is 0.135. The molecule has 168 valence electrons. The van der Waals surface area contributed by atoms with Crippen molar-refractivity contribution in [2.45, 2.75) is 33.4 Å². The molecule has 0 atom stereocenters. The van der Waals surface area contributed by atoms with Crippen LogP contribution >= 0.6 is 0 Å². The fraction of sp³-hybridized carbons (Fsp3) is 0.292. The van der Waals surface area contributed by atoms with E-state index < -0.39 is 11.2 Å². The van der Waals surface area contributed by atoms with E-state index in [1.807, 2.05) is 32.1 Å². The van der Waals surface area contributed by atoms with Gasteiger partial charge in [0.05, 0.1) is 0 Å². The van der Waals surface area contributed by atoms with Gasteiger partial charge in [0, 0.05) is 32.3 Å². The van der Waals surface area contributed by atoms with Crippen molar-refractivity contribution in [3.8, 4) is 0 Å². The average molecular weight is 439 g/mol. The van der Waals surface area contributed by atoms with E-state index in [1.165, 1.54) is 16.7 Å². The van der Waals surface area contributed by atoms with Crippen molar-refractivity contribution in [3.05, 3.63) is 92.7 Å². The molecule has 0 bridgehead atoms. The highest BCUT2D eigenvalue weighted by Gasteiger charge is 2.22. The largest absolute Gasteiger partial charge is 0.396 e.